The number of anilines is 1. The number of pyridine rings is 1. The van der Waals surface area contributed by atoms with Gasteiger partial charge in [0.05, 0.1) is 18.4 Å². The normalized spacial score (nSPS) is 17.0. The lowest BCUT2D eigenvalue weighted by molar-refractivity contribution is 0.0255. The molecule has 0 aliphatic carbocycles. The number of rotatable bonds is 5. The summed E-state index contributed by atoms with van der Waals surface area (Å²) in [5, 5.41) is 6.46. The highest BCUT2D eigenvalue weighted by molar-refractivity contribution is 5.85. The van der Waals surface area contributed by atoms with Crippen molar-refractivity contribution in [3.63, 3.8) is 0 Å². The molecule has 7 heteroatoms. The maximum absolute atomic E-state index is 14.4. The Morgan fingerprint density at radius 1 is 1.36 bits per heavy atom. The molecule has 25 heavy (non-hydrogen) atoms. The molecule has 0 unspecified atom stereocenters. The fourth-order valence-corrected chi connectivity index (χ4v) is 2.89. The summed E-state index contributed by atoms with van der Waals surface area (Å²) in [6.45, 7) is 5.00. The number of ether oxygens (including phenoxy) is 1. The summed E-state index contributed by atoms with van der Waals surface area (Å²) < 4.78 is 20.0. The minimum absolute atomic E-state index is 0. The van der Waals surface area contributed by atoms with Gasteiger partial charge in [0.2, 0.25) is 0 Å². The van der Waals surface area contributed by atoms with E-state index in [1.165, 1.54) is 6.07 Å². The van der Waals surface area contributed by atoms with Crippen LogP contribution in [0.4, 0.5) is 10.1 Å². The van der Waals surface area contributed by atoms with Crippen LogP contribution in [0.2, 0.25) is 0 Å². The number of aromatic nitrogens is 1. The van der Waals surface area contributed by atoms with E-state index in [0.717, 1.165) is 29.2 Å². The van der Waals surface area contributed by atoms with E-state index in [1.807, 2.05) is 25.1 Å². The number of nitrogens with two attached hydrogens (primary N) is 1. The van der Waals surface area contributed by atoms with Gasteiger partial charge in [-0.15, -0.1) is 12.4 Å². The summed E-state index contributed by atoms with van der Waals surface area (Å²) in [5.74, 6) is -0.248. The maximum atomic E-state index is 14.4. The topological polar surface area (TPSA) is 72.2 Å². The van der Waals surface area contributed by atoms with Crippen LogP contribution in [0.25, 0.3) is 0 Å². The van der Waals surface area contributed by atoms with Crippen LogP contribution in [0.5, 0.6) is 0 Å². The molecule has 1 aliphatic heterocycles. The van der Waals surface area contributed by atoms with Crippen LogP contribution in [-0.2, 0) is 17.8 Å². The van der Waals surface area contributed by atoms with E-state index in [0.29, 0.717) is 31.8 Å². The van der Waals surface area contributed by atoms with Crippen LogP contribution in [0.15, 0.2) is 30.3 Å². The fourth-order valence-electron chi connectivity index (χ4n) is 2.89. The molecule has 0 bridgehead atoms. The molecule has 0 amide bonds. The SMILES string of the molecule is Cc1cc(CNc2ccc([C@H]3CNCCO3)c(F)c2)cc(CN)n1.Cl. The number of nitrogens with zero attached hydrogens (tertiary/aromatic N) is 1. The number of halogens is 2. The third kappa shape index (κ3) is 5.12. The van der Waals surface area contributed by atoms with Crippen molar-refractivity contribution in [3.05, 3.63) is 58.7 Å². The predicted octanol–water partition coefficient (Wildman–Crippen LogP) is 2.68. The third-order valence-electron chi connectivity index (χ3n) is 4.05. The number of morpholine rings is 1. The Balaban J connectivity index is 0.00000225. The van der Waals surface area contributed by atoms with E-state index in [4.69, 9.17) is 10.5 Å². The van der Waals surface area contributed by atoms with E-state index in [9.17, 15) is 4.39 Å². The summed E-state index contributed by atoms with van der Waals surface area (Å²) >= 11 is 0. The van der Waals surface area contributed by atoms with Gasteiger partial charge in [-0.3, -0.25) is 4.98 Å². The van der Waals surface area contributed by atoms with Crippen LogP contribution in [-0.4, -0.2) is 24.7 Å². The third-order valence-corrected chi connectivity index (χ3v) is 4.05. The summed E-state index contributed by atoms with van der Waals surface area (Å²) in [6.07, 6.45) is -0.220. The lowest BCUT2D eigenvalue weighted by Gasteiger charge is -2.24. The lowest BCUT2D eigenvalue weighted by atomic mass is 10.1. The number of benzene rings is 1. The van der Waals surface area contributed by atoms with Crippen LogP contribution >= 0.6 is 12.4 Å². The minimum atomic E-state index is -0.248. The maximum Gasteiger partial charge on any atom is 0.131 e. The van der Waals surface area contributed by atoms with Crippen LogP contribution in [0.1, 0.15) is 28.6 Å². The molecule has 3 rings (SSSR count). The van der Waals surface area contributed by atoms with Crippen molar-refractivity contribution >= 4 is 18.1 Å². The molecule has 1 fully saturated rings. The first kappa shape index (κ1) is 19.6. The second kappa shape index (κ2) is 9.10. The first-order valence-corrected chi connectivity index (χ1v) is 8.18. The highest BCUT2D eigenvalue weighted by Crippen LogP contribution is 2.24. The Bertz CT molecular complexity index is 707. The Kier molecular flexibility index (Phi) is 7.13. The summed E-state index contributed by atoms with van der Waals surface area (Å²) in [5.41, 5.74) is 9.85. The zero-order valence-electron chi connectivity index (χ0n) is 14.2. The van der Waals surface area contributed by atoms with Gasteiger partial charge in [-0.2, -0.15) is 0 Å². The second-order valence-electron chi connectivity index (χ2n) is 5.97. The number of hydrogen-bond acceptors (Lipinski definition) is 5. The minimum Gasteiger partial charge on any atom is -0.381 e. The van der Waals surface area contributed by atoms with Gasteiger partial charge in [-0.05, 0) is 36.8 Å². The second-order valence-corrected chi connectivity index (χ2v) is 5.97. The number of hydrogen-bond donors (Lipinski definition) is 3. The van der Waals surface area contributed by atoms with Crippen LogP contribution in [0.3, 0.4) is 0 Å². The standard InChI is InChI=1S/C18H23FN4O.ClH/c1-12-6-13(7-15(9-20)23-12)10-22-14-2-3-16(17(19)8-14)18-11-21-4-5-24-18;/h2-3,6-8,18,21-22H,4-5,9-11,20H2,1H3;1H/t18-;/m1./s1. The quantitative estimate of drug-likeness (QED) is 0.758. The molecule has 1 aromatic heterocycles. The molecular formula is C18H24ClFN4O. The Morgan fingerprint density at radius 2 is 2.20 bits per heavy atom. The monoisotopic (exact) mass is 366 g/mol. The molecule has 2 heterocycles. The van der Waals surface area contributed by atoms with Crippen molar-refractivity contribution in [2.45, 2.75) is 26.1 Å². The molecular weight excluding hydrogens is 343 g/mol. The van der Waals surface area contributed by atoms with Crippen LogP contribution in [0, 0.1) is 12.7 Å². The molecule has 1 aliphatic rings. The van der Waals surface area contributed by atoms with Crippen molar-refractivity contribution < 1.29 is 9.13 Å². The zero-order valence-corrected chi connectivity index (χ0v) is 15.0. The average molecular weight is 367 g/mol. The molecule has 4 N–H and O–H groups in total. The van der Waals surface area contributed by atoms with E-state index >= 15 is 0 Å². The van der Waals surface area contributed by atoms with Gasteiger partial charge < -0.3 is 21.1 Å². The van der Waals surface area contributed by atoms with Crippen LogP contribution < -0.4 is 16.4 Å². The van der Waals surface area contributed by atoms with E-state index in [1.54, 1.807) is 6.07 Å². The molecule has 2 aromatic rings. The Hall–Kier alpha value is -1.73. The molecule has 0 radical (unpaired) electrons. The molecule has 1 saturated heterocycles. The van der Waals surface area contributed by atoms with E-state index in [2.05, 4.69) is 15.6 Å². The predicted molar refractivity (Wildman–Crippen MR) is 99.4 cm³/mol. The largest absolute Gasteiger partial charge is 0.381 e. The Morgan fingerprint density at radius 3 is 2.88 bits per heavy atom. The van der Waals surface area contributed by atoms with Gasteiger partial charge in [0.1, 0.15) is 5.82 Å². The first-order valence-electron chi connectivity index (χ1n) is 8.18. The molecule has 1 aromatic carbocycles. The molecule has 5 nitrogen and oxygen atoms in total. The first-order chi connectivity index (χ1) is 11.7. The molecule has 0 spiro atoms. The smallest absolute Gasteiger partial charge is 0.131 e. The molecule has 0 saturated carbocycles. The summed E-state index contributed by atoms with van der Waals surface area (Å²) in [4.78, 5) is 4.35. The van der Waals surface area contributed by atoms with Gasteiger partial charge in [-0.1, -0.05) is 6.07 Å². The summed E-state index contributed by atoms with van der Waals surface area (Å²) in [6, 6.07) is 9.16. The average Bonchev–Trinajstić information content (AvgIpc) is 2.60. The molecule has 1 atom stereocenters. The van der Waals surface area contributed by atoms with Crippen molar-refractivity contribution in [3.8, 4) is 0 Å². The van der Waals surface area contributed by atoms with E-state index in [-0.39, 0.29) is 24.3 Å². The lowest BCUT2D eigenvalue weighted by Crippen LogP contribution is -2.33. The van der Waals surface area contributed by atoms with Crippen molar-refractivity contribution in [1.29, 1.82) is 0 Å². The molecule has 136 valence electrons. The van der Waals surface area contributed by atoms with Gasteiger partial charge in [0.15, 0.2) is 0 Å². The van der Waals surface area contributed by atoms with E-state index < -0.39 is 0 Å². The van der Waals surface area contributed by atoms with Crippen molar-refractivity contribution in [2.24, 2.45) is 5.73 Å². The van der Waals surface area contributed by atoms with Gasteiger partial charge in [0.25, 0.3) is 0 Å². The fraction of sp³-hybridized carbons (Fsp3) is 0.389. The number of nitrogens with one attached hydrogen (secondary N) is 2. The van der Waals surface area contributed by atoms with Gasteiger partial charge in [-0.25, -0.2) is 4.39 Å². The van der Waals surface area contributed by atoms with Gasteiger partial charge in [0, 0.05) is 43.1 Å². The van der Waals surface area contributed by atoms with Crippen molar-refractivity contribution in [1.82, 2.24) is 10.3 Å². The van der Waals surface area contributed by atoms with Gasteiger partial charge >= 0.3 is 0 Å². The summed E-state index contributed by atoms with van der Waals surface area (Å²) in [7, 11) is 0. The zero-order chi connectivity index (χ0) is 16.9. The number of aryl methyl sites for hydroxylation is 1. The highest BCUT2D eigenvalue weighted by Gasteiger charge is 2.19. The van der Waals surface area contributed by atoms with Crippen molar-refractivity contribution in [2.75, 3.05) is 25.0 Å². The highest BCUT2D eigenvalue weighted by atomic mass is 35.5. The Labute approximate surface area is 153 Å².